The molecular weight excluding hydrogens is 460 g/mol. The lowest BCUT2D eigenvalue weighted by molar-refractivity contribution is -0.120. The molecule has 0 aliphatic carbocycles. The van der Waals surface area contributed by atoms with Gasteiger partial charge in [0.05, 0.1) is 23.3 Å². The Morgan fingerprint density at radius 1 is 1.18 bits per heavy atom. The van der Waals surface area contributed by atoms with E-state index in [9.17, 15) is 18.0 Å². The Bertz CT molecular complexity index is 1140. The molecule has 10 nitrogen and oxygen atoms in total. The van der Waals surface area contributed by atoms with E-state index in [1.807, 2.05) is 0 Å². The third-order valence-electron chi connectivity index (χ3n) is 6.26. The largest absolute Gasteiger partial charge is 0.376 e. The molecule has 0 radical (unpaired) electrons. The number of hydrogen-bond acceptors (Lipinski definition) is 7. The van der Waals surface area contributed by atoms with E-state index in [1.165, 1.54) is 4.31 Å². The van der Waals surface area contributed by atoms with Gasteiger partial charge in [-0.25, -0.2) is 8.42 Å². The molecule has 3 heterocycles. The van der Waals surface area contributed by atoms with Gasteiger partial charge in [0, 0.05) is 26.2 Å². The van der Waals surface area contributed by atoms with Gasteiger partial charge in [0.15, 0.2) is 5.76 Å². The first-order valence-electron chi connectivity index (χ1n) is 11.5. The predicted molar refractivity (Wildman–Crippen MR) is 124 cm³/mol. The number of carbonyl (C=O) groups is 2. The summed E-state index contributed by atoms with van der Waals surface area (Å²) in [6.07, 6.45) is 3.00. The molecule has 11 heteroatoms. The van der Waals surface area contributed by atoms with E-state index in [1.54, 1.807) is 38.1 Å². The molecule has 1 aromatic carbocycles. The highest BCUT2D eigenvalue weighted by atomic mass is 32.2. The zero-order chi connectivity index (χ0) is 24.3. The highest BCUT2D eigenvalue weighted by molar-refractivity contribution is 7.89. The molecule has 2 amide bonds. The molecule has 2 unspecified atom stereocenters. The number of nitrogens with one attached hydrogen (secondary N) is 2. The zero-order valence-electron chi connectivity index (χ0n) is 19.4. The number of carbonyl (C=O) groups excluding carboxylic acids is 2. The first-order chi connectivity index (χ1) is 16.3. The van der Waals surface area contributed by atoms with Gasteiger partial charge in [-0.2, -0.15) is 4.31 Å². The number of benzene rings is 1. The van der Waals surface area contributed by atoms with Crippen molar-refractivity contribution in [3.8, 4) is 0 Å². The molecule has 2 atom stereocenters. The fraction of sp³-hybridized carbons (Fsp3) is 0.522. The molecule has 0 bridgehead atoms. The number of amides is 2. The molecule has 2 aliphatic rings. The molecular formula is C23H30N4O6S. The van der Waals surface area contributed by atoms with Gasteiger partial charge in [-0.3, -0.25) is 9.59 Å². The second kappa shape index (κ2) is 10.2. The van der Waals surface area contributed by atoms with Crippen LogP contribution >= 0.6 is 0 Å². The maximum atomic E-state index is 13.2. The molecule has 4 rings (SSSR count). The van der Waals surface area contributed by atoms with Gasteiger partial charge in [0.25, 0.3) is 5.91 Å². The van der Waals surface area contributed by atoms with Gasteiger partial charge in [0.2, 0.25) is 15.9 Å². The Morgan fingerprint density at radius 3 is 2.68 bits per heavy atom. The summed E-state index contributed by atoms with van der Waals surface area (Å²) in [6.45, 7) is 4.63. The van der Waals surface area contributed by atoms with Gasteiger partial charge in [-0.15, -0.1) is 0 Å². The summed E-state index contributed by atoms with van der Waals surface area (Å²) in [5.41, 5.74) is 1.04. The van der Waals surface area contributed by atoms with Crippen LogP contribution in [0.5, 0.6) is 0 Å². The van der Waals surface area contributed by atoms with Crippen LogP contribution in [0.2, 0.25) is 0 Å². The first-order valence-corrected chi connectivity index (χ1v) is 12.9. The van der Waals surface area contributed by atoms with Crippen LogP contribution in [0.1, 0.15) is 47.5 Å². The Labute approximate surface area is 199 Å². The molecule has 1 aromatic heterocycles. The van der Waals surface area contributed by atoms with Crippen LogP contribution in [-0.2, 0) is 19.6 Å². The molecule has 2 saturated heterocycles. The molecule has 184 valence electrons. The van der Waals surface area contributed by atoms with Gasteiger partial charge < -0.3 is 19.9 Å². The highest BCUT2D eigenvalue weighted by Crippen LogP contribution is 2.28. The number of para-hydroxylation sites is 1. The summed E-state index contributed by atoms with van der Waals surface area (Å²) >= 11 is 0. The SMILES string of the molecule is Cc1noc(C)c1S(=O)(=O)N1CCCC(C(=O)Nc2ccccc2C(=O)NCC2CCCO2)C1. The van der Waals surface area contributed by atoms with Crippen LogP contribution in [0.4, 0.5) is 5.69 Å². The molecule has 2 aliphatic heterocycles. The molecule has 0 saturated carbocycles. The third kappa shape index (κ3) is 5.16. The summed E-state index contributed by atoms with van der Waals surface area (Å²) in [4.78, 5) is 25.9. The van der Waals surface area contributed by atoms with Crippen LogP contribution in [0.15, 0.2) is 33.7 Å². The highest BCUT2D eigenvalue weighted by Gasteiger charge is 2.36. The van der Waals surface area contributed by atoms with Crippen molar-refractivity contribution >= 4 is 27.5 Å². The van der Waals surface area contributed by atoms with Crippen molar-refractivity contribution in [3.63, 3.8) is 0 Å². The van der Waals surface area contributed by atoms with Gasteiger partial charge >= 0.3 is 0 Å². The van der Waals surface area contributed by atoms with E-state index < -0.39 is 15.9 Å². The van der Waals surface area contributed by atoms with Crippen LogP contribution in [-0.4, -0.2) is 62.0 Å². The van der Waals surface area contributed by atoms with Crippen molar-refractivity contribution in [1.82, 2.24) is 14.8 Å². The smallest absolute Gasteiger partial charge is 0.253 e. The predicted octanol–water partition coefficient (Wildman–Crippen LogP) is 2.24. The van der Waals surface area contributed by atoms with E-state index in [0.717, 1.165) is 12.8 Å². The summed E-state index contributed by atoms with van der Waals surface area (Å²) in [7, 11) is -3.84. The number of aromatic nitrogens is 1. The maximum absolute atomic E-state index is 13.2. The molecule has 2 fully saturated rings. The topological polar surface area (TPSA) is 131 Å². The van der Waals surface area contributed by atoms with Crippen molar-refractivity contribution in [3.05, 3.63) is 41.3 Å². The number of ether oxygens (including phenoxy) is 1. The minimum Gasteiger partial charge on any atom is -0.376 e. The second-order valence-corrected chi connectivity index (χ2v) is 10.6. The average molecular weight is 491 g/mol. The Balaban J connectivity index is 1.43. The molecule has 2 N–H and O–H groups in total. The van der Waals surface area contributed by atoms with E-state index in [2.05, 4.69) is 15.8 Å². The van der Waals surface area contributed by atoms with E-state index >= 15 is 0 Å². The number of piperidine rings is 1. The van der Waals surface area contributed by atoms with Crippen LogP contribution in [0, 0.1) is 19.8 Å². The lowest BCUT2D eigenvalue weighted by Crippen LogP contribution is -2.44. The monoisotopic (exact) mass is 490 g/mol. The number of rotatable bonds is 7. The fourth-order valence-electron chi connectivity index (χ4n) is 4.48. The molecule has 2 aromatic rings. The van der Waals surface area contributed by atoms with Crippen molar-refractivity contribution < 1.29 is 27.3 Å². The average Bonchev–Trinajstić information content (AvgIpc) is 3.47. The lowest BCUT2D eigenvalue weighted by Gasteiger charge is -2.31. The number of aryl methyl sites for hydroxylation is 2. The Morgan fingerprint density at radius 2 is 1.97 bits per heavy atom. The lowest BCUT2D eigenvalue weighted by atomic mass is 9.98. The minimum atomic E-state index is -3.84. The number of sulfonamides is 1. The van der Waals surface area contributed by atoms with Crippen LogP contribution in [0.25, 0.3) is 0 Å². The first kappa shape index (κ1) is 24.4. The number of hydrogen-bond donors (Lipinski definition) is 2. The molecule has 0 spiro atoms. The van der Waals surface area contributed by atoms with Crippen molar-refractivity contribution in [2.45, 2.75) is 50.5 Å². The van der Waals surface area contributed by atoms with Crippen molar-refractivity contribution in [1.29, 1.82) is 0 Å². The third-order valence-corrected chi connectivity index (χ3v) is 8.37. The maximum Gasteiger partial charge on any atom is 0.253 e. The summed E-state index contributed by atoms with van der Waals surface area (Å²) < 4.78 is 38.2. The number of anilines is 1. The van der Waals surface area contributed by atoms with Gasteiger partial charge in [-0.05, 0) is 51.7 Å². The quantitative estimate of drug-likeness (QED) is 0.609. The fourth-order valence-corrected chi connectivity index (χ4v) is 6.29. The van der Waals surface area contributed by atoms with E-state index in [4.69, 9.17) is 9.26 Å². The summed E-state index contributed by atoms with van der Waals surface area (Å²) in [5.74, 6) is -0.935. The van der Waals surface area contributed by atoms with E-state index in [0.29, 0.717) is 49.5 Å². The normalized spacial score (nSPS) is 21.4. The Kier molecular flexibility index (Phi) is 7.34. The van der Waals surface area contributed by atoms with Gasteiger partial charge in [-0.1, -0.05) is 17.3 Å². The standard InChI is InChI=1S/C23H30N4O6S/c1-15-21(16(2)33-26-15)34(30,31)27-11-5-7-17(14-27)22(28)25-20-10-4-3-9-19(20)23(29)24-13-18-8-6-12-32-18/h3-4,9-10,17-18H,5-8,11-14H2,1-2H3,(H,24,29)(H,25,28). The summed E-state index contributed by atoms with van der Waals surface area (Å²) in [6, 6.07) is 6.78. The van der Waals surface area contributed by atoms with E-state index in [-0.39, 0.29) is 35.1 Å². The number of nitrogens with zero attached hydrogens (tertiary/aromatic N) is 2. The zero-order valence-corrected chi connectivity index (χ0v) is 20.2. The molecule has 34 heavy (non-hydrogen) atoms. The Hall–Kier alpha value is -2.76. The van der Waals surface area contributed by atoms with Crippen LogP contribution < -0.4 is 10.6 Å². The van der Waals surface area contributed by atoms with Gasteiger partial charge in [0.1, 0.15) is 10.6 Å². The van der Waals surface area contributed by atoms with Crippen molar-refractivity contribution in [2.24, 2.45) is 5.92 Å². The van der Waals surface area contributed by atoms with Crippen molar-refractivity contribution in [2.75, 3.05) is 31.6 Å². The minimum absolute atomic E-state index is 0.0126. The second-order valence-electron chi connectivity index (χ2n) is 8.74. The summed E-state index contributed by atoms with van der Waals surface area (Å²) in [5, 5.41) is 9.45. The van der Waals surface area contributed by atoms with Crippen LogP contribution in [0.3, 0.4) is 0 Å².